The van der Waals surface area contributed by atoms with Gasteiger partial charge in [0.2, 0.25) is 5.91 Å². The van der Waals surface area contributed by atoms with Crippen molar-refractivity contribution in [2.24, 2.45) is 5.10 Å². The number of para-hydroxylation sites is 1. The molecule has 0 atom stereocenters. The number of aryl methyl sites for hydroxylation is 1. The Bertz CT molecular complexity index is 871. The molecule has 2 N–H and O–H groups in total. The van der Waals surface area contributed by atoms with Crippen molar-refractivity contribution in [1.29, 1.82) is 0 Å². The minimum Gasteiger partial charge on any atom is -0.483 e. The summed E-state index contributed by atoms with van der Waals surface area (Å²) in [6.07, 6.45) is -0.0843. The van der Waals surface area contributed by atoms with E-state index in [1.165, 1.54) is 18.2 Å². The molecule has 0 fully saturated rings. The van der Waals surface area contributed by atoms with Crippen molar-refractivity contribution in [3.05, 3.63) is 58.3 Å². The van der Waals surface area contributed by atoms with Gasteiger partial charge in [-0.2, -0.15) is 5.10 Å². The Balaban J connectivity index is 1.79. The molecule has 0 radical (unpaired) electrons. The molecule has 0 heterocycles. The number of halogens is 2. The Kier molecular flexibility index (Phi) is 7.48. The number of anilines is 1. The molecule has 0 unspecified atom stereocenters. The molecule has 0 spiro atoms. The lowest BCUT2D eigenvalue weighted by atomic mass is 10.2. The number of rotatable bonds is 7. The lowest BCUT2D eigenvalue weighted by molar-refractivity contribution is -0.123. The second-order valence-electron chi connectivity index (χ2n) is 5.81. The maximum Gasteiger partial charge on any atom is 0.277 e. The van der Waals surface area contributed by atoms with Crippen molar-refractivity contribution < 1.29 is 18.7 Å². The molecule has 0 saturated carbocycles. The van der Waals surface area contributed by atoms with Crippen LogP contribution in [0, 0.1) is 12.7 Å². The van der Waals surface area contributed by atoms with E-state index in [0.29, 0.717) is 11.5 Å². The molecule has 8 heteroatoms. The minimum atomic E-state index is -0.520. The highest BCUT2D eigenvalue weighted by Crippen LogP contribution is 2.25. The van der Waals surface area contributed by atoms with E-state index in [0.717, 1.165) is 10.0 Å². The van der Waals surface area contributed by atoms with Crippen LogP contribution in [0.4, 0.5) is 10.1 Å². The second kappa shape index (κ2) is 9.82. The van der Waals surface area contributed by atoms with Gasteiger partial charge in [-0.3, -0.25) is 9.59 Å². The zero-order valence-electron chi connectivity index (χ0n) is 14.9. The van der Waals surface area contributed by atoms with Gasteiger partial charge in [0.15, 0.2) is 6.61 Å². The van der Waals surface area contributed by atoms with E-state index < -0.39 is 17.6 Å². The summed E-state index contributed by atoms with van der Waals surface area (Å²) in [7, 11) is 0. The summed E-state index contributed by atoms with van der Waals surface area (Å²) in [6.45, 7) is 3.31. The van der Waals surface area contributed by atoms with Crippen molar-refractivity contribution in [2.45, 2.75) is 20.3 Å². The second-order valence-corrected chi connectivity index (χ2v) is 6.66. The Morgan fingerprint density at radius 1 is 1.19 bits per heavy atom. The maximum absolute atomic E-state index is 13.5. The fourth-order valence-electron chi connectivity index (χ4n) is 2.09. The van der Waals surface area contributed by atoms with Crippen molar-refractivity contribution in [3.8, 4) is 5.75 Å². The van der Waals surface area contributed by atoms with Gasteiger partial charge >= 0.3 is 0 Å². The van der Waals surface area contributed by atoms with Crippen LogP contribution >= 0.6 is 15.9 Å². The molecule has 0 aromatic heterocycles. The summed E-state index contributed by atoms with van der Waals surface area (Å²) >= 11 is 3.36. The van der Waals surface area contributed by atoms with Crippen LogP contribution in [0.3, 0.4) is 0 Å². The first-order chi connectivity index (χ1) is 12.8. The van der Waals surface area contributed by atoms with Gasteiger partial charge in [-0.1, -0.05) is 18.2 Å². The van der Waals surface area contributed by atoms with Crippen LogP contribution in [0.15, 0.2) is 52.0 Å². The van der Waals surface area contributed by atoms with E-state index in [2.05, 4.69) is 31.8 Å². The van der Waals surface area contributed by atoms with Crippen molar-refractivity contribution in [3.63, 3.8) is 0 Å². The van der Waals surface area contributed by atoms with Gasteiger partial charge in [0.1, 0.15) is 11.6 Å². The number of ether oxygens (including phenoxy) is 1. The summed E-state index contributed by atoms with van der Waals surface area (Å²) in [4.78, 5) is 23.7. The summed E-state index contributed by atoms with van der Waals surface area (Å²) in [5.41, 5.74) is 3.84. The van der Waals surface area contributed by atoms with Crippen molar-refractivity contribution in [2.75, 3.05) is 11.9 Å². The van der Waals surface area contributed by atoms with Crippen LogP contribution in [0.5, 0.6) is 5.75 Å². The van der Waals surface area contributed by atoms with Gasteiger partial charge in [0.25, 0.3) is 5.91 Å². The van der Waals surface area contributed by atoms with Gasteiger partial charge in [-0.25, -0.2) is 9.82 Å². The first kappa shape index (κ1) is 20.6. The van der Waals surface area contributed by atoms with E-state index in [-0.39, 0.29) is 18.7 Å². The van der Waals surface area contributed by atoms with Gasteiger partial charge in [-0.05, 0) is 59.6 Å². The predicted molar refractivity (Wildman–Crippen MR) is 105 cm³/mol. The first-order valence-electron chi connectivity index (χ1n) is 8.10. The molecular formula is C19H19BrFN3O3. The minimum absolute atomic E-state index is 0.0843. The standard InChI is InChI=1S/C19H19BrFN3O3/c1-12-7-8-17(14(20)9-12)27-11-19(26)24-23-13(2)10-18(25)22-16-6-4-3-5-15(16)21/h3-9H,10-11H2,1-2H3,(H,22,25)(H,24,26)/b23-13+. The van der Waals surface area contributed by atoms with Crippen molar-refractivity contribution in [1.82, 2.24) is 5.43 Å². The Hall–Kier alpha value is -2.74. The topological polar surface area (TPSA) is 79.8 Å². The number of hydrogen-bond acceptors (Lipinski definition) is 4. The molecule has 2 aromatic carbocycles. The van der Waals surface area contributed by atoms with Gasteiger partial charge in [0, 0.05) is 5.71 Å². The van der Waals surface area contributed by atoms with Gasteiger partial charge in [-0.15, -0.1) is 0 Å². The SMILES string of the molecule is C/C(CC(=O)Nc1ccccc1F)=N\NC(=O)COc1ccc(C)cc1Br. The molecular weight excluding hydrogens is 417 g/mol. The lowest BCUT2D eigenvalue weighted by Gasteiger charge is -2.08. The number of benzene rings is 2. The number of nitrogens with one attached hydrogen (secondary N) is 2. The third-order valence-corrected chi connectivity index (χ3v) is 4.00. The largest absolute Gasteiger partial charge is 0.483 e. The highest BCUT2D eigenvalue weighted by molar-refractivity contribution is 9.10. The third-order valence-electron chi connectivity index (χ3n) is 3.38. The Labute approximate surface area is 164 Å². The number of amides is 2. The Morgan fingerprint density at radius 2 is 1.93 bits per heavy atom. The molecule has 0 aliphatic carbocycles. The lowest BCUT2D eigenvalue weighted by Crippen LogP contribution is -2.26. The van der Waals surface area contributed by atoms with E-state index in [9.17, 15) is 14.0 Å². The smallest absolute Gasteiger partial charge is 0.277 e. The highest BCUT2D eigenvalue weighted by atomic mass is 79.9. The van der Waals surface area contributed by atoms with E-state index in [1.807, 2.05) is 19.1 Å². The molecule has 2 aromatic rings. The molecule has 0 bridgehead atoms. The fourth-order valence-corrected chi connectivity index (χ4v) is 2.69. The molecule has 27 heavy (non-hydrogen) atoms. The van der Waals surface area contributed by atoms with Crippen molar-refractivity contribution >= 4 is 39.1 Å². The van der Waals surface area contributed by atoms with Crippen LogP contribution < -0.4 is 15.5 Å². The van der Waals surface area contributed by atoms with E-state index in [1.54, 1.807) is 19.1 Å². The van der Waals surface area contributed by atoms with Crippen LogP contribution in [0.2, 0.25) is 0 Å². The van der Waals surface area contributed by atoms with Gasteiger partial charge in [0.05, 0.1) is 16.6 Å². The maximum atomic E-state index is 13.5. The monoisotopic (exact) mass is 435 g/mol. The van der Waals surface area contributed by atoms with Crippen LogP contribution in [0.1, 0.15) is 18.9 Å². The molecule has 2 amide bonds. The zero-order chi connectivity index (χ0) is 19.8. The van der Waals surface area contributed by atoms with Crippen LogP contribution in [-0.2, 0) is 9.59 Å². The molecule has 6 nitrogen and oxygen atoms in total. The fraction of sp³-hybridized carbons (Fsp3) is 0.211. The molecule has 0 aliphatic rings. The third kappa shape index (κ3) is 6.82. The highest BCUT2D eigenvalue weighted by Gasteiger charge is 2.09. The number of carbonyl (C=O) groups excluding carboxylic acids is 2. The average molecular weight is 436 g/mol. The summed E-state index contributed by atoms with van der Waals surface area (Å²) < 4.78 is 19.7. The molecule has 2 rings (SSSR count). The number of hydrogen-bond donors (Lipinski definition) is 2. The van der Waals surface area contributed by atoms with E-state index in [4.69, 9.17) is 4.74 Å². The molecule has 0 aliphatic heterocycles. The van der Waals surface area contributed by atoms with Gasteiger partial charge < -0.3 is 10.1 Å². The summed E-state index contributed by atoms with van der Waals surface area (Å²) in [5.74, 6) is -0.874. The average Bonchev–Trinajstić information content (AvgIpc) is 2.61. The molecule has 0 saturated heterocycles. The van der Waals surface area contributed by atoms with Crippen LogP contribution in [0.25, 0.3) is 0 Å². The molecule has 142 valence electrons. The number of carbonyl (C=O) groups is 2. The zero-order valence-corrected chi connectivity index (χ0v) is 16.5. The van der Waals surface area contributed by atoms with Crippen LogP contribution in [-0.4, -0.2) is 24.1 Å². The normalized spacial score (nSPS) is 11.0. The predicted octanol–water partition coefficient (Wildman–Crippen LogP) is 3.80. The quantitative estimate of drug-likeness (QED) is 0.512. The summed E-state index contributed by atoms with van der Waals surface area (Å²) in [6, 6.07) is 11.4. The Morgan fingerprint density at radius 3 is 2.63 bits per heavy atom. The summed E-state index contributed by atoms with van der Waals surface area (Å²) in [5, 5.41) is 6.30. The number of hydrazone groups is 1. The van der Waals surface area contributed by atoms with E-state index >= 15 is 0 Å². The number of nitrogens with zero attached hydrogens (tertiary/aromatic N) is 1. The first-order valence-corrected chi connectivity index (χ1v) is 8.90.